The minimum absolute atomic E-state index is 0.0658. The molecular weight excluding hydrogens is 428 g/mol. The number of hydrogen-bond acceptors (Lipinski definition) is 5. The monoisotopic (exact) mass is 456 g/mol. The van der Waals surface area contributed by atoms with Crippen molar-refractivity contribution < 1.29 is 18.0 Å². The zero-order valence-electron chi connectivity index (χ0n) is 17.9. The maximum Gasteiger partial charge on any atom is 0.270 e. The molecule has 0 atom stereocenters. The van der Waals surface area contributed by atoms with E-state index in [4.69, 9.17) is 0 Å². The van der Waals surface area contributed by atoms with Gasteiger partial charge < -0.3 is 9.88 Å². The molecule has 2 aliphatic rings. The minimum Gasteiger partial charge on any atom is -0.356 e. The molecule has 0 bridgehead atoms. The number of likely N-dealkylation sites (tertiary alicyclic amines) is 1. The summed E-state index contributed by atoms with van der Waals surface area (Å²) in [5, 5.41) is 1.24. The first-order valence-electron chi connectivity index (χ1n) is 10.9. The van der Waals surface area contributed by atoms with E-state index in [1.165, 1.54) is 9.71 Å². The molecule has 1 N–H and O–H groups in total. The SMILES string of the molecule is O=C(CN1CCN(S(=O)(=O)/C=C/c2ccccc2)CC1)c1c[nH]c(C(=O)N2CCCC2)c1. The van der Waals surface area contributed by atoms with Gasteiger partial charge in [-0.25, -0.2) is 8.42 Å². The lowest BCUT2D eigenvalue weighted by atomic mass is 10.2. The maximum absolute atomic E-state index is 12.7. The van der Waals surface area contributed by atoms with Gasteiger partial charge in [-0.15, -0.1) is 0 Å². The van der Waals surface area contributed by atoms with Crippen molar-refractivity contribution in [3.8, 4) is 0 Å². The zero-order valence-corrected chi connectivity index (χ0v) is 18.8. The van der Waals surface area contributed by atoms with Crippen molar-refractivity contribution in [3.05, 3.63) is 64.8 Å². The third-order valence-electron chi connectivity index (χ3n) is 5.92. The summed E-state index contributed by atoms with van der Waals surface area (Å²) in [5.74, 6) is -0.147. The summed E-state index contributed by atoms with van der Waals surface area (Å²) in [5.41, 5.74) is 1.75. The van der Waals surface area contributed by atoms with Gasteiger partial charge in [0.15, 0.2) is 5.78 Å². The second kappa shape index (κ2) is 9.81. The van der Waals surface area contributed by atoms with E-state index in [1.54, 1.807) is 23.2 Å². The Labute approximate surface area is 188 Å². The zero-order chi connectivity index (χ0) is 22.6. The first kappa shape index (κ1) is 22.4. The second-order valence-corrected chi connectivity index (χ2v) is 9.98. The predicted molar refractivity (Wildman–Crippen MR) is 123 cm³/mol. The van der Waals surface area contributed by atoms with Gasteiger partial charge in [0.25, 0.3) is 5.91 Å². The Morgan fingerprint density at radius 3 is 2.34 bits per heavy atom. The van der Waals surface area contributed by atoms with E-state index in [1.807, 2.05) is 35.2 Å². The van der Waals surface area contributed by atoms with Crippen LogP contribution in [0.4, 0.5) is 0 Å². The fourth-order valence-corrected chi connectivity index (χ4v) is 5.19. The molecular formula is C23H28N4O4S. The molecule has 2 aliphatic heterocycles. The molecule has 8 nitrogen and oxygen atoms in total. The molecule has 2 saturated heterocycles. The van der Waals surface area contributed by atoms with Gasteiger partial charge in [-0.3, -0.25) is 14.5 Å². The number of amides is 1. The number of piperazine rings is 1. The molecule has 32 heavy (non-hydrogen) atoms. The van der Waals surface area contributed by atoms with E-state index >= 15 is 0 Å². The Morgan fingerprint density at radius 1 is 0.969 bits per heavy atom. The van der Waals surface area contributed by atoms with Crippen molar-refractivity contribution in [1.29, 1.82) is 0 Å². The number of carbonyl (C=O) groups is 2. The van der Waals surface area contributed by atoms with Gasteiger partial charge in [0.1, 0.15) is 5.69 Å². The van der Waals surface area contributed by atoms with E-state index in [-0.39, 0.29) is 18.2 Å². The van der Waals surface area contributed by atoms with Crippen molar-refractivity contribution in [2.24, 2.45) is 0 Å². The molecule has 0 spiro atoms. The lowest BCUT2D eigenvalue weighted by Crippen LogP contribution is -2.49. The number of ketones is 1. The molecule has 4 rings (SSSR count). The van der Waals surface area contributed by atoms with Crippen molar-refractivity contribution in [3.63, 3.8) is 0 Å². The molecule has 1 aromatic heterocycles. The third kappa shape index (κ3) is 5.35. The highest BCUT2D eigenvalue weighted by atomic mass is 32.2. The van der Waals surface area contributed by atoms with E-state index in [0.717, 1.165) is 31.5 Å². The van der Waals surface area contributed by atoms with Gasteiger partial charge in [-0.05, 0) is 30.5 Å². The van der Waals surface area contributed by atoms with Crippen molar-refractivity contribution in [2.45, 2.75) is 12.8 Å². The van der Waals surface area contributed by atoms with E-state index < -0.39 is 10.0 Å². The van der Waals surface area contributed by atoms with Crippen LogP contribution >= 0.6 is 0 Å². The van der Waals surface area contributed by atoms with Crippen LogP contribution in [0.15, 0.2) is 48.0 Å². The van der Waals surface area contributed by atoms with Crippen molar-refractivity contribution >= 4 is 27.8 Å². The highest BCUT2D eigenvalue weighted by molar-refractivity contribution is 7.92. The normalized spacial score (nSPS) is 18.4. The average Bonchev–Trinajstić information content (AvgIpc) is 3.51. The summed E-state index contributed by atoms with van der Waals surface area (Å²) in [6, 6.07) is 10.9. The number of Topliss-reactive ketones (excluding diaryl/α,β-unsaturated/α-hetero) is 1. The van der Waals surface area contributed by atoms with Gasteiger partial charge in [0.05, 0.1) is 6.54 Å². The molecule has 2 fully saturated rings. The molecule has 9 heteroatoms. The Balaban J connectivity index is 1.29. The van der Waals surface area contributed by atoms with Gasteiger partial charge in [-0.2, -0.15) is 4.31 Å². The number of aromatic amines is 1. The molecule has 2 aromatic rings. The lowest BCUT2D eigenvalue weighted by Gasteiger charge is -2.32. The number of rotatable bonds is 7. The third-order valence-corrected chi connectivity index (χ3v) is 7.48. The number of hydrogen-bond donors (Lipinski definition) is 1. The van der Waals surface area contributed by atoms with Gasteiger partial charge in [0.2, 0.25) is 10.0 Å². The smallest absolute Gasteiger partial charge is 0.270 e. The van der Waals surface area contributed by atoms with Gasteiger partial charge in [-0.1, -0.05) is 30.3 Å². The van der Waals surface area contributed by atoms with Crippen molar-refractivity contribution in [2.75, 3.05) is 45.8 Å². The first-order chi connectivity index (χ1) is 15.4. The van der Waals surface area contributed by atoms with Crippen LogP contribution in [0, 0.1) is 0 Å². The van der Waals surface area contributed by atoms with Crippen molar-refractivity contribution in [1.82, 2.24) is 19.1 Å². The Morgan fingerprint density at radius 2 is 1.66 bits per heavy atom. The fraction of sp³-hybridized carbons (Fsp3) is 0.391. The first-order valence-corrected chi connectivity index (χ1v) is 12.4. The van der Waals surface area contributed by atoms with Crippen LogP contribution in [0.1, 0.15) is 39.3 Å². The quantitative estimate of drug-likeness (QED) is 0.644. The Hall–Kier alpha value is -2.75. The average molecular weight is 457 g/mol. The largest absolute Gasteiger partial charge is 0.356 e. The van der Waals surface area contributed by atoms with Crippen LogP contribution in [0.3, 0.4) is 0 Å². The summed E-state index contributed by atoms with van der Waals surface area (Å²) >= 11 is 0. The highest BCUT2D eigenvalue weighted by Gasteiger charge is 2.27. The van der Waals surface area contributed by atoms with Gasteiger partial charge >= 0.3 is 0 Å². The van der Waals surface area contributed by atoms with E-state index in [0.29, 0.717) is 37.4 Å². The summed E-state index contributed by atoms with van der Waals surface area (Å²) < 4.78 is 26.6. The number of H-pyrrole nitrogens is 1. The maximum atomic E-state index is 12.7. The standard InChI is InChI=1S/C23H28N4O4S/c28-22(20-16-21(24-17-20)23(29)26-9-4-5-10-26)18-25-11-13-27(14-12-25)32(30,31)15-8-19-6-2-1-3-7-19/h1-3,6-8,15-17,24H,4-5,9-14,18H2/b15-8+. The summed E-state index contributed by atoms with van der Waals surface area (Å²) in [7, 11) is -3.51. The molecule has 0 radical (unpaired) electrons. The van der Waals surface area contributed by atoms with Crippen LogP contribution in [0.2, 0.25) is 0 Å². The summed E-state index contributed by atoms with van der Waals surface area (Å²) in [6.07, 6.45) is 5.21. The van der Waals surface area contributed by atoms with Crippen LogP contribution in [0.25, 0.3) is 6.08 Å². The van der Waals surface area contributed by atoms with Gasteiger partial charge in [0, 0.05) is 56.4 Å². The number of nitrogens with one attached hydrogen (secondary N) is 1. The fourth-order valence-electron chi connectivity index (χ4n) is 4.02. The van der Waals surface area contributed by atoms with E-state index in [9.17, 15) is 18.0 Å². The van der Waals surface area contributed by atoms with Crippen LogP contribution in [-0.4, -0.2) is 85.0 Å². The summed E-state index contributed by atoms with van der Waals surface area (Å²) in [4.78, 5) is 31.8. The van der Waals surface area contributed by atoms with E-state index in [2.05, 4.69) is 4.98 Å². The molecule has 3 heterocycles. The highest BCUT2D eigenvalue weighted by Crippen LogP contribution is 2.15. The molecule has 0 saturated carbocycles. The number of carbonyl (C=O) groups excluding carboxylic acids is 2. The van der Waals surface area contributed by atoms with Crippen LogP contribution in [-0.2, 0) is 10.0 Å². The molecule has 0 unspecified atom stereocenters. The predicted octanol–water partition coefficient (Wildman–Crippen LogP) is 2.05. The molecule has 170 valence electrons. The van der Waals surface area contributed by atoms with Crippen LogP contribution in [0.5, 0.6) is 0 Å². The number of nitrogens with zero attached hydrogens (tertiary/aromatic N) is 3. The molecule has 1 aromatic carbocycles. The Kier molecular flexibility index (Phi) is 6.88. The lowest BCUT2D eigenvalue weighted by molar-refractivity contribution is 0.0787. The van der Waals surface area contributed by atoms with Crippen LogP contribution < -0.4 is 0 Å². The Bertz CT molecular complexity index is 1080. The second-order valence-electron chi connectivity index (χ2n) is 8.16. The molecule has 0 aliphatic carbocycles. The number of sulfonamides is 1. The molecule has 1 amide bonds. The summed E-state index contributed by atoms with van der Waals surface area (Å²) in [6.45, 7) is 3.34. The minimum atomic E-state index is -3.51. The number of aromatic nitrogens is 1. The topological polar surface area (TPSA) is 93.8 Å². The number of benzene rings is 1.